The number of ketones is 1. The summed E-state index contributed by atoms with van der Waals surface area (Å²) in [5, 5.41) is 8.82. The van der Waals surface area contributed by atoms with Gasteiger partial charge in [0.25, 0.3) is 0 Å². The summed E-state index contributed by atoms with van der Waals surface area (Å²) in [6.45, 7) is 9.75. The number of nitrogens with zero attached hydrogens (tertiary/aromatic N) is 2. The van der Waals surface area contributed by atoms with Crippen LogP contribution in [0.5, 0.6) is 0 Å². The molecule has 98 valence electrons. The summed E-state index contributed by atoms with van der Waals surface area (Å²) in [4.78, 5) is 16.5. The summed E-state index contributed by atoms with van der Waals surface area (Å²) in [7, 11) is 0. The molecule has 0 radical (unpaired) electrons. The van der Waals surface area contributed by atoms with Gasteiger partial charge in [-0.05, 0) is 33.4 Å². The Bertz CT molecular complexity index is 459. The van der Waals surface area contributed by atoms with Gasteiger partial charge >= 0.3 is 0 Å². The number of nitriles is 1. The van der Waals surface area contributed by atoms with Crippen molar-refractivity contribution in [3.8, 4) is 6.07 Å². The van der Waals surface area contributed by atoms with E-state index in [1.807, 2.05) is 38.7 Å². The lowest BCUT2D eigenvalue weighted by molar-refractivity contribution is 0.0929. The van der Waals surface area contributed by atoms with Crippen molar-refractivity contribution in [1.82, 2.24) is 4.90 Å². The average Bonchev–Trinajstić information content (AvgIpc) is 2.67. The maximum absolute atomic E-state index is 12.2. The molecule has 0 saturated carbocycles. The monoisotopic (exact) mass is 264 g/mol. The van der Waals surface area contributed by atoms with Gasteiger partial charge in [0.2, 0.25) is 0 Å². The molecule has 0 aliphatic rings. The van der Waals surface area contributed by atoms with E-state index in [9.17, 15) is 4.79 Å². The van der Waals surface area contributed by atoms with Crippen molar-refractivity contribution in [2.75, 3.05) is 19.6 Å². The number of Topliss-reactive ketones (excluding diaryl/α,β-unsaturated/α-hetero) is 1. The Morgan fingerprint density at radius 3 is 2.67 bits per heavy atom. The summed E-state index contributed by atoms with van der Waals surface area (Å²) < 4.78 is 0. The molecular formula is C14H20N2OS. The van der Waals surface area contributed by atoms with Crippen molar-refractivity contribution in [3.63, 3.8) is 0 Å². The molecule has 0 bridgehead atoms. The van der Waals surface area contributed by atoms with Crippen LogP contribution >= 0.6 is 11.3 Å². The van der Waals surface area contributed by atoms with E-state index >= 15 is 0 Å². The third kappa shape index (κ3) is 3.94. The highest BCUT2D eigenvalue weighted by Crippen LogP contribution is 2.21. The fourth-order valence-electron chi connectivity index (χ4n) is 1.93. The molecule has 0 spiro atoms. The fraction of sp³-hybridized carbons (Fsp3) is 0.571. The van der Waals surface area contributed by atoms with Crippen molar-refractivity contribution in [2.45, 2.75) is 27.7 Å². The Hall–Kier alpha value is -1.18. The second-order valence-electron chi connectivity index (χ2n) is 4.61. The summed E-state index contributed by atoms with van der Waals surface area (Å²) in [6.07, 6.45) is 0. The lowest BCUT2D eigenvalue weighted by atomic mass is 10.1. The van der Waals surface area contributed by atoms with Crippen LogP contribution in [0, 0.1) is 31.1 Å². The number of rotatable bonds is 6. The molecule has 0 aliphatic heterocycles. The molecule has 0 fully saturated rings. The smallest absolute Gasteiger partial charge is 0.177 e. The number of aryl methyl sites for hydroxylation is 2. The molecule has 1 unspecified atom stereocenters. The van der Waals surface area contributed by atoms with Gasteiger partial charge in [-0.15, -0.1) is 11.3 Å². The molecule has 18 heavy (non-hydrogen) atoms. The normalized spacial score (nSPS) is 12.4. The Balaban J connectivity index is 2.68. The van der Waals surface area contributed by atoms with Crippen LogP contribution in [0.2, 0.25) is 0 Å². The van der Waals surface area contributed by atoms with Crippen LogP contribution in [0.25, 0.3) is 0 Å². The van der Waals surface area contributed by atoms with E-state index < -0.39 is 0 Å². The highest BCUT2D eigenvalue weighted by atomic mass is 32.1. The minimum atomic E-state index is -0.0388. The summed E-state index contributed by atoms with van der Waals surface area (Å²) >= 11 is 1.66. The van der Waals surface area contributed by atoms with Crippen molar-refractivity contribution < 1.29 is 4.79 Å². The molecule has 0 amide bonds. The number of carbonyl (C=O) groups is 1. The van der Waals surface area contributed by atoms with Crippen LogP contribution in [0.15, 0.2) is 6.07 Å². The SMILES string of the molecule is CCN(CC(=O)c1cc(C)sc1C)CC(C)C#N. The molecule has 1 atom stereocenters. The van der Waals surface area contributed by atoms with E-state index in [4.69, 9.17) is 5.26 Å². The minimum Gasteiger partial charge on any atom is -0.295 e. The summed E-state index contributed by atoms with van der Waals surface area (Å²) in [5.74, 6) is 0.117. The number of carbonyl (C=O) groups excluding carboxylic acids is 1. The summed E-state index contributed by atoms with van der Waals surface area (Å²) in [6, 6.07) is 4.17. The van der Waals surface area contributed by atoms with Crippen molar-refractivity contribution in [3.05, 3.63) is 21.4 Å². The van der Waals surface area contributed by atoms with Crippen molar-refractivity contribution in [2.24, 2.45) is 5.92 Å². The fourth-order valence-corrected chi connectivity index (χ4v) is 2.87. The molecular weight excluding hydrogens is 244 g/mol. The Morgan fingerprint density at radius 1 is 1.56 bits per heavy atom. The lowest BCUT2D eigenvalue weighted by Crippen LogP contribution is -2.33. The topological polar surface area (TPSA) is 44.1 Å². The first-order valence-corrected chi connectivity index (χ1v) is 7.01. The molecule has 1 heterocycles. The van der Waals surface area contributed by atoms with Gasteiger partial charge in [-0.2, -0.15) is 5.26 Å². The van der Waals surface area contributed by atoms with Gasteiger partial charge in [0.05, 0.1) is 18.5 Å². The quantitative estimate of drug-likeness (QED) is 0.742. The molecule has 1 aromatic rings. The van der Waals surface area contributed by atoms with Gasteiger partial charge < -0.3 is 0 Å². The van der Waals surface area contributed by atoms with Gasteiger partial charge in [-0.1, -0.05) is 6.92 Å². The second kappa shape index (κ2) is 6.67. The molecule has 1 aromatic heterocycles. The first-order valence-electron chi connectivity index (χ1n) is 6.20. The third-order valence-electron chi connectivity index (χ3n) is 2.91. The van der Waals surface area contributed by atoms with E-state index in [0.29, 0.717) is 13.1 Å². The van der Waals surface area contributed by atoms with E-state index in [1.54, 1.807) is 11.3 Å². The highest BCUT2D eigenvalue weighted by molar-refractivity contribution is 7.12. The van der Waals surface area contributed by atoms with Gasteiger partial charge in [-0.3, -0.25) is 9.69 Å². The van der Waals surface area contributed by atoms with E-state index in [1.165, 1.54) is 4.88 Å². The average molecular weight is 264 g/mol. The molecule has 4 heteroatoms. The van der Waals surface area contributed by atoms with Gasteiger partial charge in [-0.25, -0.2) is 0 Å². The second-order valence-corrected chi connectivity index (χ2v) is 6.07. The predicted molar refractivity (Wildman–Crippen MR) is 75.0 cm³/mol. The molecule has 0 aromatic carbocycles. The van der Waals surface area contributed by atoms with Crippen molar-refractivity contribution >= 4 is 17.1 Å². The van der Waals surface area contributed by atoms with Gasteiger partial charge in [0.15, 0.2) is 5.78 Å². The van der Waals surface area contributed by atoms with Crippen LogP contribution in [0.3, 0.4) is 0 Å². The first-order chi connectivity index (χ1) is 8.47. The maximum Gasteiger partial charge on any atom is 0.177 e. The highest BCUT2D eigenvalue weighted by Gasteiger charge is 2.16. The zero-order valence-corrected chi connectivity index (χ0v) is 12.3. The zero-order chi connectivity index (χ0) is 13.7. The largest absolute Gasteiger partial charge is 0.295 e. The van der Waals surface area contributed by atoms with E-state index in [2.05, 4.69) is 6.07 Å². The zero-order valence-electron chi connectivity index (χ0n) is 11.5. The molecule has 3 nitrogen and oxygen atoms in total. The first kappa shape index (κ1) is 14.9. The minimum absolute atomic E-state index is 0.0388. The molecule has 0 aliphatic carbocycles. The number of hydrogen-bond donors (Lipinski definition) is 0. The number of hydrogen-bond acceptors (Lipinski definition) is 4. The van der Waals surface area contributed by atoms with E-state index in [-0.39, 0.29) is 11.7 Å². The Labute approximate surface area is 113 Å². The van der Waals surface area contributed by atoms with Crippen LogP contribution < -0.4 is 0 Å². The van der Waals surface area contributed by atoms with Gasteiger partial charge in [0.1, 0.15) is 0 Å². The lowest BCUT2D eigenvalue weighted by Gasteiger charge is -2.20. The van der Waals surface area contributed by atoms with Crippen LogP contribution in [-0.2, 0) is 0 Å². The number of likely N-dealkylation sites (N-methyl/N-ethyl adjacent to an activating group) is 1. The van der Waals surface area contributed by atoms with Crippen LogP contribution in [-0.4, -0.2) is 30.3 Å². The Morgan fingerprint density at radius 2 is 2.22 bits per heavy atom. The number of thiophene rings is 1. The van der Waals surface area contributed by atoms with E-state index in [0.717, 1.165) is 17.0 Å². The molecule has 0 N–H and O–H groups in total. The van der Waals surface area contributed by atoms with Crippen molar-refractivity contribution in [1.29, 1.82) is 5.26 Å². The van der Waals surface area contributed by atoms with Crippen LogP contribution in [0.4, 0.5) is 0 Å². The molecule has 0 saturated heterocycles. The van der Waals surface area contributed by atoms with Gasteiger partial charge in [0, 0.05) is 21.9 Å². The molecule has 1 rings (SSSR count). The standard InChI is InChI=1S/C14H20N2OS/c1-5-16(8-10(2)7-15)9-14(17)13-6-11(3)18-12(13)4/h6,10H,5,8-9H2,1-4H3. The predicted octanol–water partition coefficient (Wildman–Crippen LogP) is 3.03. The van der Waals surface area contributed by atoms with Crippen LogP contribution in [0.1, 0.15) is 34.0 Å². The maximum atomic E-state index is 12.2. The Kier molecular flexibility index (Phi) is 5.52. The summed E-state index contributed by atoms with van der Waals surface area (Å²) in [5.41, 5.74) is 0.834. The third-order valence-corrected chi connectivity index (χ3v) is 3.87.